The first kappa shape index (κ1) is 29.5. The Morgan fingerprint density at radius 1 is 0.955 bits per heavy atom. The summed E-state index contributed by atoms with van der Waals surface area (Å²) in [6.07, 6.45) is -0.559. The quantitative estimate of drug-likeness (QED) is 0.205. The lowest BCUT2D eigenvalue weighted by molar-refractivity contribution is -0.111. The van der Waals surface area contributed by atoms with Crippen molar-refractivity contribution in [3.63, 3.8) is 0 Å². The number of amidine groups is 1. The highest BCUT2D eigenvalue weighted by atomic mass is 35.5. The molecule has 1 saturated heterocycles. The molecule has 2 aliphatic heterocycles. The highest BCUT2D eigenvalue weighted by molar-refractivity contribution is 6.44. The van der Waals surface area contributed by atoms with E-state index >= 15 is 0 Å². The number of hydrogen-bond acceptors (Lipinski definition) is 8. The third-order valence-corrected chi connectivity index (χ3v) is 7.93. The molecule has 44 heavy (non-hydrogen) atoms. The Balaban J connectivity index is 1.40. The van der Waals surface area contributed by atoms with Gasteiger partial charge in [-0.3, -0.25) is 9.69 Å². The molecule has 4 aromatic rings. The Bertz CT molecular complexity index is 1680. The Kier molecular flexibility index (Phi) is 8.67. The molecular weight excluding hydrogens is 583 g/mol. The van der Waals surface area contributed by atoms with Crippen LogP contribution in [0, 0.1) is 5.82 Å². The van der Waals surface area contributed by atoms with Gasteiger partial charge < -0.3 is 19.1 Å². The third-order valence-electron chi connectivity index (χ3n) is 7.63. The number of ether oxygens (including phenoxy) is 3. The predicted molar refractivity (Wildman–Crippen MR) is 170 cm³/mol. The number of morpholine rings is 1. The van der Waals surface area contributed by atoms with E-state index in [1.807, 2.05) is 70.6 Å². The summed E-state index contributed by atoms with van der Waals surface area (Å²) < 4.78 is 31.4. The molecular formula is C34H32ClFN4O4. The predicted octanol–water partition coefficient (Wildman–Crippen LogP) is 6.83. The topological polar surface area (TPSA) is 66.8 Å². The molecule has 2 heterocycles. The van der Waals surface area contributed by atoms with E-state index in [0.717, 1.165) is 30.0 Å². The number of rotatable bonds is 9. The zero-order valence-corrected chi connectivity index (χ0v) is 25.2. The van der Waals surface area contributed by atoms with Crippen molar-refractivity contribution in [3.05, 3.63) is 113 Å². The summed E-state index contributed by atoms with van der Waals surface area (Å²) in [4.78, 5) is 17.2. The standard InChI is InChI=1S/C34H32ClFN4O4/c1-23(41)33-37-40(26-9-4-3-5-10-26)34(39(33)27-13-14-30(28(35)21-27)38-16-18-43-19-17-38)24-12-15-31(32(20-24)42-2)44-22-25-8-6-7-11-29(25)36/h3-15,20-21,34H,16-19,22H2,1-2H3. The van der Waals surface area contributed by atoms with Gasteiger partial charge in [0.15, 0.2) is 29.3 Å². The Morgan fingerprint density at radius 3 is 2.41 bits per heavy atom. The summed E-state index contributed by atoms with van der Waals surface area (Å²) >= 11 is 6.87. The number of Topliss-reactive ketones (excluding diaryl/α,β-unsaturated/α-hetero) is 1. The first-order chi connectivity index (χ1) is 21.4. The van der Waals surface area contributed by atoms with Crippen LogP contribution in [0.15, 0.2) is 96.1 Å². The van der Waals surface area contributed by atoms with Gasteiger partial charge in [-0.15, -0.1) is 5.10 Å². The van der Waals surface area contributed by atoms with E-state index in [1.54, 1.807) is 31.4 Å². The number of anilines is 3. The van der Waals surface area contributed by atoms with Crippen LogP contribution in [0.5, 0.6) is 11.5 Å². The van der Waals surface area contributed by atoms with Crippen molar-refractivity contribution in [2.75, 3.05) is 48.2 Å². The molecule has 0 aromatic heterocycles. The summed E-state index contributed by atoms with van der Waals surface area (Å²) in [5, 5.41) is 7.20. The van der Waals surface area contributed by atoms with Crippen molar-refractivity contribution in [1.29, 1.82) is 0 Å². The monoisotopic (exact) mass is 614 g/mol. The summed E-state index contributed by atoms with van der Waals surface area (Å²) in [6, 6.07) is 27.5. The molecule has 6 rings (SSSR count). The maximum atomic E-state index is 14.2. The van der Waals surface area contributed by atoms with Crippen LogP contribution in [-0.2, 0) is 16.1 Å². The van der Waals surface area contributed by atoms with Crippen LogP contribution >= 0.6 is 11.6 Å². The smallest absolute Gasteiger partial charge is 0.198 e. The number of benzene rings is 4. The highest BCUT2D eigenvalue weighted by Gasteiger charge is 2.40. The van der Waals surface area contributed by atoms with E-state index < -0.39 is 6.17 Å². The second kappa shape index (κ2) is 13.0. The van der Waals surface area contributed by atoms with Gasteiger partial charge in [-0.1, -0.05) is 54.1 Å². The van der Waals surface area contributed by atoms with Crippen molar-refractivity contribution < 1.29 is 23.4 Å². The Hall–Kier alpha value is -4.60. The van der Waals surface area contributed by atoms with Gasteiger partial charge in [0.25, 0.3) is 0 Å². The van der Waals surface area contributed by atoms with Gasteiger partial charge in [0.2, 0.25) is 0 Å². The van der Waals surface area contributed by atoms with E-state index in [2.05, 4.69) is 4.90 Å². The van der Waals surface area contributed by atoms with Crippen molar-refractivity contribution in [2.45, 2.75) is 19.7 Å². The summed E-state index contributed by atoms with van der Waals surface area (Å²) in [6.45, 7) is 4.32. The summed E-state index contributed by atoms with van der Waals surface area (Å²) in [7, 11) is 1.55. The second-order valence-electron chi connectivity index (χ2n) is 10.4. The number of carbonyl (C=O) groups excluding carboxylic acids is 1. The van der Waals surface area contributed by atoms with Crippen LogP contribution in [0.1, 0.15) is 24.2 Å². The van der Waals surface area contributed by atoms with Crippen molar-refractivity contribution in [3.8, 4) is 11.5 Å². The van der Waals surface area contributed by atoms with Gasteiger partial charge in [-0.2, -0.15) is 0 Å². The minimum absolute atomic E-state index is 0.0413. The average molecular weight is 615 g/mol. The highest BCUT2D eigenvalue weighted by Crippen LogP contribution is 2.43. The zero-order valence-electron chi connectivity index (χ0n) is 24.5. The van der Waals surface area contributed by atoms with Crippen molar-refractivity contribution in [2.24, 2.45) is 5.10 Å². The summed E-state index contributed by atoms with van der Waals surface area (Å²) in [5.74, 6) is 0.659. The molecule has 8 nitrogen and oxygen atoms in total. The number of carbonyl (C=O) groups is 1. The molecule has 0 radical (unpaired) electrons. The molecule has 0 aliphatic carbocycles. The molecule has 10 heteroatoms. The molecule has 1 atom stereocenters. The van der Waals surface area contributed by atoms with Gasteiger partial charge in [-0.25, -0.2) is 9.40 Å². The number of hydrazone groups is 1. The fourth-order valence-corrected chi connectivity index (χ4v) is 5.74. The van der Waals surface area contributed by atoms with E-state index in [9.17, 15) is 9.18 Å². The summed E-state index contributed by atoms with van der Waals surface area (Å²) in [5.41, 5.74) is 3.65. The van der Waals surface area contributed by atoms with Gasteiger partial charge in [0.05, 0.1) is 36.7 Å². The number of halogens is 2. The third kappa shape index (κ3) is 5.93. The molecule has 4 aromatic carbocycles. The lowest BCUT2D eigenvalue weighted by atomic mass is 10.1. The van der Waals surface area contributed by atoms with Crippen LogP contribution < -0.4 is 24.3 Å². The number of para-hydroxylation sites is 1. The van der Waals surface area contributed by atoms with E-state index in [4.69, 9.17) is 30.9 Å². The molecule has 1 unspecified atom stereocenters. The first-order valence-corrected chi connectivity index (χ1v) is 14.7. The SMILES string of the molecule is COc1cc(C2N(c3ccccc3)N=C(C(C)=O)N2c2ccc(N3CCOCC3)c(Cl)c2)ccc1OCc1ccccc1F. The molecule has 1 fully saturated rings. The maximum Gasteiger partial charge on any atom is 0.198 e. The molecule has 0 bridgehead atoms. The van der Waals surface area contributed by atoms with Gasteiger partial charge >= 0.3 is 0 Å². The van der Waals surface area contributed by atoms with Gasteiger partial charge in [0.1, 0.15) is 12.4 Å². The maximum absolute atomic E-state index is 14.2. The van der Waals surface area contributed by atoms with Crippen LogP contribution in [-0.4, -0.2) is 45.0 Å². The Labute approximate surface area is 260 Å². The molecule has 226 valence electrons. The lowest BCUT2D eigenvalue weighted by Crippen LogP contribution is -2.38. The lowest BCUT2D eigenvalue weighted by Gasteiger charge is -2.33. The number of hydrogen-bond donors (Lipinski definition) is 0. The van der Waals surface area contributed by atoms with E-state index in [-0.39, 0.29) is 24.0 Å². The average Bonchev–Trinajstić information content (AvgIpc) is 3.46. The second-order valence-corrected chi connectivity index (χ2v) is 10.8. The van der Waals surface area contributed by atoms with Gasteiger partial charge in [-0.05, 0) is 48.5 Å². The molecule has 0 saturated carbocycles. The Morgan fingerprint density at radius 2 is 1.70 bits per heavy atom. The fraction of sp³-hybridized carbons (Fsp3) is 0.235. The normalized spacial score (nSPS) is 16.6. The first-order valence-electron chi connectivity index (χ1n) is 14.3. The molecule has 2 aliphatic rings. The largest absolute Gasteiger partial charge is 0.493 e. The number of nitrogens with zero attached hydrogens (tertiary/aromatic N) is 4. The van der Waals surface area contributed by atoms with Crippen LogP contribution in [0.3, 0.4) is 0 Å². The number of ketones is 1. The van der Waals surface area contributed by atoms with Crippen molar-refractivity contribution in [1.82, 2.24) is 0 Å². The minimum Gasteiger partial charge on any atom is -0.493 e. The number of methoxy groups -OCH3 is 1. The van der Waals surface area contributed by atoms with Gasteiger partial charge in [0, 0.05) is 36.8 Å². The van der Waals surface area contributed by atoms with E-state index in [0.29, 0.717) is 41.0 Å². The molecule has 0 N–H and O–H groups in total. The van der Waals surface area contributed by atoms with Crippen LogP contribution in [0.25, 0.3) is 0 Å². The van der Waals surface area contributed by atoms with E-state index in [1.165, 1.54) is 13.0 Å². The molecule has 0 amide bonds. The molecule has 0 spiro atoms. The van der Waals surface area contributed by atoms with Crippen LogP contribution in [0.4, 0.5) is 21.5 Å². The van der Waals surface area contributed by atoms with Crippen molar-refractivity contribution >= 4 is 40.3 Å². The zero-order chi connectivity index (χ0) is 30.6. The minimum atomic E-state index is -0.559. The van der Waals surface area contributed by atoms with Crippen LogP contribution in [0.2, 0.25) is 5.02 Å². The fourth-order valence-electron chi connectivity index (χ4n) is 5.44.